The molecule has 5 nitrogen and oxygen atoms in total. The molecule has 3 rings (SSSR count). The molecule has 3 aromatic rings. The second-order valence-electron chi connectivity index (χ2n) is 6.59. The summed E-state index contributed by atoms with van der Waals surface area (Å²) in [5.74, 6) is -0.480. The fourth-order valence-corrected chi connectivity index (χ4v) is 2.74. The van der Waals surface area contributed by atoms with Crippen LogP contribution in [-0.4, -0.2) is 22.4 Å². The molecule has 1 heterocycles. The van der Waals surface area contributed by atoms with Crippen molar-refractivity contribution in [1.82, 2.24) is 9.97 Å². The van der Waals surface area contributed by atoms with Gasteiger partial charge in [-0.2, -0.15) is 4.98 Å². The van der Waals surface area contributed by atoms with Crippen molar-refractivity contribution in [2.24, 2.45) is 0 Å². The van der Waals surface area contributed by atoms with E-state index < -0.39 is 12.2 Å². The van der Waals surface area contributed by atoms with E-state index in [0.717, 1.165) is 0 Å². The van der Waals surface area contributed by atoms with Gasteiger partial charge in [0.2, 0.25) is 5.95 Å². The Kier molecular flexibility index (Phi) is 6.31. The summed E-state index contributed by atoms with van der Waals surface area (Å²) in [5, 5.41) is 6.18. The molecule has 0 aliphatic carbocycles. The quantitative estimate of drug-likeness (QED) is 0.434. The van der Waals surface area contributed by atoms with E-state index in [1.165, 1.54) is 42.5 Å². The smallest absolute Gasteiger partial charge is 0.406 e. The SMILES string of the molecule is CC(C)Nc1nc(Nc2cc(Cl)ccc2F)cc(-c2cccc(OC(F)(F)F)c2)n1. The van der Waals surface area contributed by atoms with E-state index in [1.54, 1.807) is 6.07 Å². The van der Waals surface area contributed by atoms with E-state index in [4.69, 9.17) is 11.6 Å². The number of hydrogen-bond acceptors (Lipinski definition) is 5. The standard InChI is InChI=1S/C20H17ClF4N4O/c1-11(2)26-19-28-16(12-4-3-5-14(8-12)30-20(23,24)25)10-18(29-19)27-17-9-13(21)6-7-15(17)22/h3-11H,1-2H3,(H2,26,27,28,29). The number of anilines is 3. The summed E-state index contributed by atoms with van der Waals surface area (Å²) in [7, 11) is 0. The molecule has 0 radical (unpaired) electrons. The highest BCUT2D eigenvalue weighted by atomic mass is 35.5. The molecule has 30 heavy (non-hydrogen) atoms. The molecule has 0 bridgehead atoms. The van der Waals surface area contributed by atoms with Crippen LogP contribution in [-0.2, 0) is 0 Å². The zero-order valence-electron chi connectivity index (χ0n) is 15.9. The fraction of sp³-hybridized carbons (Fsp3) is 0.200. The number of hydrogen-bond donors (Lipinski definition) is 2. The zero-order chi connectivity index (χ0) is 21.9. The molecule has 1 aromatic heterocycles. The zero-order valence-corrected chi connectivity index (χ0v) is 16.6. The average Bonchev–Trinajstić information content (AvgIpc) is 2.63. The van der Waals surface area contributed by atoms with Crippen LogP contribution in [0.5, 0.6) is 5.75 Å². The molecule has 0 saturated carbocycles. The third kappa shape index (κ3) is 5.96. The first kappa shape index (κ1) is 21.6. The van der Waals surface area contributed by atoms with Crippen molar-refractivity contribution in [2.75, 3.05) is 10.6 Å². The van der Waals surface area contributed by atoms with Crippen molar-refractivity contribution < 1.29 is 22.3 Å². The fourth-order valence-electron chi connectivity index (χ4n) is 2.57. The number of aromatic nitrogens is 2. The second-order valence-corrected chi connectivity index (χ2v) is 7.02. The summed E-state index contributed by atoms with van der Waals surface area (Å²) >= 11 is 5.92. The minimum Gasteiger partial charge on any atom is -0.406 e. The second kappa shape index (κ2) is 8.74. The summed E-state index contributed by atoms with van der Waals surface area (Å²) in [5.41, 5.74) is 0.767. The Morgan fingerprint density at radius 1 is 1.03 bits per heavy atom. The summed E-state index contributed by atoms with van der Waals surface area (Å²) in [6, 6.07) is 10.9. The maximum absolute atomic E-state index is 14.1. The van der Waals surface area contributed by atoms with Gasteiger partial charge in [0.1, 0.15) is 17.4 Å². The molecule has 2 aromatic carbocycles. The van der Waals surface area contributed by atoms with Crippen LogP contribution in [0.2, 0.25) is 5.02 Å². The minimum atomic E-state index is -4.81. The Morgan fingerprint density at radius 3 is 2.50 bits per heavy atom. The molecule has 0 aliphatic rings. The van der Waals surface area contributed by atoms with Crippen LogP contribution >= 0.6 is 11.6 Å². The lowest BCUT2D eigenvalue weighted by atomic mass is 10.1. The van der Waals surface area contributed by atoms with Gasteiger partial charge in [-0.25, -0.2) is 9.37 Å². The van der Waals surface area contributed by atoms with Crippen LogP contribution < -0.4 is 15.4 Å². The van der Waals surface area contributed by atoms with Gasteiger partial charge >= 0.3 is 6.36 Å². The van der Waals surface area contributed by atoms with Crippen LogP contribution in [0, 0.1) is 5.82 Å². The van der Waals surface area contributed by atoms with Gasteiger partial charge in [-0.05, 0) is 44.2 Å². The normalized spacial score (nSPS) is 11.5. The Bertz CT molecular complexity index is 1040. The van der Waals surface area contributed by atoms with Gasteiger partial charge in [-0.1, -0.05) is 23.7 Å². The largest absolute Gasteiger partial charge is 0.573 e. The molecule has 10 heteroatoms. The molecule has 0 amide bonds. The maximum Gasteiger partial charge on any atom is 0.573 e. The van der Waals surface area contributed by atoms with Gasteiger partial charge in [-0.3, -0.25) is 0 Å². The van der Waals surface area contributed by atoms with Crippen LogP contribution in [0.1, 0.15) is 13.8 Å². The van der Waals surface area contributed by atoms with E-state index in [1.807, 2.05) is 13.8 Å². The molecule has 2 N–H and O–H groups in total. The van der Waals surface area contributed by atoms with Gasteiger partial charge in [0.25, 0.3) is 0 Å². The molecule has 0 aliphatic heterocycles. The molecule has 0 saturated heterocycles. The average molecular weight is 441 g/mol. The molecule has 0 fully saturated rings. The third-order valence-electron chi connectivity index (χ3n) is 3.70. The molecule has 0 spiro atoms. The Hall–Kier alpha value is -3.07. The summed E-state index contributed by atoms with van der Waals surface area (Å²) < 4.78 is 55.7. The molecular formula is C20H17ClF4N4O. The molecule has 0 atom stereocenters. The van der Waals surface area contributed by atoms with Gasteiger partial charge in [0, 0.05) is 22.7 Å². The first-order chi connectivity index (χ1) is 14.1. The predicted molar refractivity (Wildman–Crippen MR) is 108 cm³/mol. The van der Waals surface area contributed by atoms with Gasteiger partial charge in [0.15, 0.2) is 0 Å². The van der Waals surface area contributed by atoms with Crippen molar-refractivity contribution in [3.63, 3.8) is 0 Å². The molecule has 0 unspecified atom stereocenters. The van der Waals surface area contributed by atoms with Gasteiger partial charge in [0.05, 0.1) is 11.4 Å². The van der Waals surface area contributed by atoms with Crippen LogP contribution in [0.15, 0.2) is 48.5 Å². The number of halogens is 5. The lowest BCUT2D eigenvalue weighted by Crippen LogP contribution is -2.17. The van der Waals surface area contributed by atoms with E-state index >= 15 is 0 Å². The number of nitrogens with zero attached hydrogens (tertiary/aromatic N) is 2. The van der Waals surface area contributed by atoms with E-state index in [2.05, 4.69) is 25.3 Å². The Morgan fingerprint density at radius 2 is 1.80 bits per heavy atom. The van der Waals surface area contributed by atoms with Crippen molar-refractivity contribution in [2.45, 2.75) is 26.3 Å². The highest BCUT2D eigenvalue weighted by molar-refractivity contribution is 6.30. The Balaban J connectivity index is 2.01. The molecule has 158 valence electrons. The van der Waals surface area contributed by atoms with Crippen molar-refractivity contribution >= 4 is 29.1 Å². The van der Waals surface area contributed by atoms with E-state index in [9.17, 15) is 17.6 Å². The summed E-state index contributed by atoms with van der Waals surface area (Å²) in [4.78, 5) is 8.64. The highest BCUT2D eigenvalue weighted by Gasteiger charge is 2.31. The van der Waals surface area contributed by atoms with Crippen molar-refractivity contribution in [3.8, 4) is 17.0 Å². The lowest BCUT2D eigenvalue weighted by Gasteiger charge is -2.14. The van der Waals surface area contributed by atoms with E-state index in [0.29, 0.717) is 16.3 Å². The first-order valence-electron chi connectivity index (χ1n) is 8.83. The number of benzene rings is 2. The Labute approximate surface area is 175 Å². The van der Waals surface area contributed by atoms with Crippen molar-refractivity contribution in [1.29, 1.82) is 0 Å². The number of alkyl halides is 3. The highest BCUT2D eigenvalue weighted by Crippen LogP contribution is 2.30. The summed E-state index contributed by atoms with van der Waals surface area (Å²) in [6.45, 7) is 3.75. The van der Waals surface area contributed by atoms with Gasteiger partial charge in [-0.15, -0.1) is 13.2 Å². The van der Waals surface area contributed by atoms with Crippen LogP contribution in [0.4, 0.5) is 35.0 Å². The number of rotatable bonds is 6. The minimum absolute atomic E-state index is 0.0177. The van der Waals surface area contributed by atoms with Crippen LogP contribution in [0.3, 0.4) is 0 Å². The third-order valence-corrected chi connectivity index (χ3v) is 3.93. The number of ether oxygens (including phenoxy) is 1. The molecular weight excluding hydrogens is 424 g/mol. The van der Waals surface area contributed by atoms with Crippen molar-refractivity contribution in [3.05, 3.63) is 59.4 Å². The predicted octanol–water partition coefficient (Wildman–Crippen LogP) is 6.40. The monoisotopic (exact) mass is 440 g/mol. The topological polar surface area (TPSA) is 59.1 Å². The summed E-state index contributed by atoms with van der Waals surface area (Å²) in [6.07, 6.45) is -4.81. The van der Waals surface area contributed by atoms with E-state index in [-0.39, 0.29) is 29.2 Å². The van der Waals surface area contributed by atoms with Gasteiger partial charge < -0.3 is 15.4 Å². The maximum atomic E-state index is 14.1. The van der Waals surface area contributed by atoms with Crippen LogP contribution in [0.25, 0.3) is 11.3 Å². The lowest BCUT2D eigenvalue weighted by molar-refractivity contribution is -0.274. The first-order valence-corrected chi connectivity index (χ1v) is 9.21. The number of nitrogens with one attached hydrogen (secondary N) is 2.